The summed E-state index contributed by atoms with van der Waals surface area (Å²) in [5, 5.41) is 13.1. The lowest BCUT2D eigenvalue weighted by molar-refractivity contribution is 0.0689. The van der Waals surface area contributed by atoms with Crippen molar-refractivity contribution in [3.8, 4) is 0 Å². The van der Waals surface area contributed by atoms with Crippen LogP contribution in [0.15, 0.2) is 35.1 Å². The van der Waals surface area contributed by atoms with Crippen molar-refractivity contribution in [1.82, 2.24) is 24.6 Å². The molecule has 3 heterocycles. The number of para-hydroxylation sites is 2. The highest BCUT2D eigenvalue weighted by Crippen LogP contribution is 2.16. The van der Waals surface area contributed by atoms with Gasteiger partial charge in [0.1, 0.15) is 0 Å². The molecule has 0 bridgehead atoms. The number of carbonyl (C=O) groups excluding carboxylic acids is 1. The number of hydrogen-bond donors (Lipinski definition) is 2. The normalized spacial score (nSPS) is 14.1. The number of carboxylic acid groups (broad SMARTS) is 1. The summed E-state index contributed by atoms with van der Waals surface area (Å²) >= 11 is 0. The van der Waals surface area contributed by atoms with Gasteiger partial charge in [0.25, 0.3) is 11.5 Å². The van der Waals surface area contributed by atoms with Gasteiger partial charge in [-0.2, -0.15) is 5.10 Å². The number of amides is 1. The fourth-order valence-corrected chi connectivity index (χ4v) is 3.06. The van der Waals surface area contributed by atoms with Gasteiger partial charge in [-0.15, -0.1) is 0 Å². The third-order valence-corrected chi connectivity index (χ3v) is 4.32. The first-order chi connectivity index (χ1) is 12.5. The quantitative estimate of drug-likeness (QED) is 0.705. The van der Waals surface area contributed by atoms with Crippen LogP contribution in [0.25, 0.3) is 11.0 Å². The molecule has 132 valence electrons. The van der Waals surface area contributed by atoms with Crippen molar-refractivity contribution in [3.05, 3.63) is 57.8 Å². The molecule has 2 aromatic heterocycles. The van der Waals surface area contributed by atoms with Gasteiger partial charge in [0, 0.05) is 13.1 Å². The number of aromatic nitrogens is 4. The molecule has 9 heteroatoms. The number of benzene rings is 1. The molecule has 9 nitrogen and oxygen atoms in total. The minimum Gasteiger partial charge on any atom is -0.476 e. The van der Waals surface area contributed by atoms with E-state index >= 15 is 0 Å². The molecule has 0 unspecified atom stereocenters. The zero-order valence-corrected chi connectivity index (χ0v) is 13.7. The minimum absolute atomic E-state index is 0.0593. The Hall–Kier alpha value is -3.49. The summed E-state index contributed by atoms with van der Waals surface area (Å²) in [5.74, 6) is -1.60. The standard InChI is InChI=1S/C17H15N5O4/c23-15-14(18-11-4-1-2-5-12(11)19-15)16(24)21-6-3-7-22-10(9-21)8-13(20-22)17(25)26/h1-2,4-5,8H,3,6-7,9H2,(H,19,23)(H,25,26). The first-order valence-corrected chi connectivity index (χ1v) is 8.11. The van der Waals surface area contributed by atoms with Crippen molar-refractivity contribution >= 4 is 22.9 Å². The van der Waals surface area contributed by atoms with Crippen molar-refractivity contribution in [2.24, 2.45) is 0 Å². The van der Waals surface area contributed by atoms with E-state index in [1.54, 1.807) is 28.9 Å². The van der Waals surface area contributed by atoms with E-state index < -0.39 is 17.4 Å². The van der Waals surface area contributed by atoms with Crippen LogP contribution in [0.4, 0.5) is 0 Å². The molecule has 0 fully saturated rings. The van der Waals surface area contributed by atoms with E-state index in [0.29, 0.717) is 36.2 Å². The molecule has 0 spiro atoms. The maximum absolute atomic E-state index is 12.9. The molecule has 0 aliphatic carbocycles. The number of fused-ring (bicyclic) bond motifs is 2. The molecule has 3 aromatic rings. The lowest BCUT2D eigenvalue weighted by atomic mass is 10.2. The second kappa shape index (κ2) is 6.10. The van der Waals surface area contributed by atoms with E-state index in [9.17, 15) is 14.4 Å². The largest absolute Gasteiger partial charge is 0.476 e. The molecule has 4 rings (SSSR count). The average Bonchev–Trinajstić information content (AvgIpc) is 2.93. The molecule has 2 N–H and O–H groups in total. The van der Waals surface area contributed by atoms with Crippen molar-refractivity contribution in [2.75, 3.05) is 6.54 Å². The van der Waals surface area contributed by atoms with Crippen LogP contribution in [0, 0.1) is 0 Å². The average molecular weight is 353 g/mol. The van der Waals surface area contributed by atoms with Crippen LogP contribution in [-0.2, 0) is 13.1 Å². The van der Waals surface area contributed by atoms with Crippen LogP contribution in [0.1, 0.15) is 33.1 Å². The summed E-state index contributed by atoms with van der Waals surface area (Å²) in [4.78, 5) is 44.6. The van der Waals surface area contributed by atoms with Gasteiger partial charge < -0.3 is 15.0 Å². The van der Waals surface area contributed by atoms with Crippen LogP contribution in [0.3, 0.4) is 0 Å². The molecule has 0 saturated heterocycles. The molecule has 26 heavy (non-hydrogen) atoms. The molecular weight excluding hydrogens is 338 g/mol. The van der Waals surface area contributed by atoms with E-state index in [1.165, 1.54) is 11.0 Å². The number of hydrogen-bond acceptors (Lipinski definition) is 5. The Balaban J connectivity index is 1.68. The van der Waals surface area contributed by atoms with E-state index in [4.69, 9.17) is 5.11 Å². The number of aryl methyl sites for hydroxylation is 1. The van der Waals surface area contributed by atoms with Crippen LogP contribution in [0.2, 0.25) is 0 Å². The number of carbonyl (C=O) groups is 2. The summed E-state index contributed by atoms with van der Waals surface area (Å²) in [6, 6.07) is 8.44. The molecule has 1 aromatic carbocycles. The zero-order valence-electron chi connectivity index (χ0n) is 13.7. The smallest absolute Gasteiger partial charge is 0.356 e. The predicted octanol–water partition coefficient (Wildman–Crippen LogP) is 0.864. The number of aromatic carboxylic acids is 1. The maximum Gasteiger partial charge on any atom is 0.356 e. The van der Waals surface area contributed by atoms with Gasteiger partial charge in [0.15, 0.2) is 11.4 Å². The van der Waals surface area contributed by atoms with Gasteiger partial charge in [0.2, 0.25) is 0 Å². The lowest BCUT2D eigenvalue weighted by Gasteiger charge is -2.19. The molecule has 1 amide bonds. The van der Waals surface area contributed by atoms with Crippen molar-refractivity contribution in [2.45, 2.75) is 19.5 Å². The van der Waals surface area contributed by atoms with Crippen molar-refractivity contribution in [1.29, 1.82) is 0 Å². The maximum atomic E-state index is 12.9. The first kappa shape index (κ1) is 16.0. The van der Waals surface area contributed by atoms with Crippen molar-refractivity contribution < 1.29 is 14.7 Å². The number of nitrogens with zero attached hydrogens (tertiary/aromatic N) is 4. The molecule has 0 radical (unpaired) electrons. The Bertz CT molecular complexity index is 1080. The van der Waals surface area contributed by atoms with Crippen molar-refractivity contribution in [3.63, 3.8) is 0 Å². The zero-order chi connectivity index (χ0) is 18.3. The van der Waals surface area contributed by atoms with E-state index in [1.807, 2.05) is 0 Å². The van der Waals surface area contributed by atoms with Gasteiger partial charge in [-0.3, -0.25) is 14.3 Å². The molecular formula is C17H15N5O4. The lowest BCUT2D eigenvalue weighted by Crippen LogP contribution is -2.35. The third kappa shape index (κ3) is 2.73. The highest BCUT2D eigenvalue weighted by molar-refractivity contribution is 5.93. The fraction of sp³-hybridized carbons (Fsp3) is 0.235. The Morgan fingerprint density at radius 2 is 2.00 bits per heavy atom. The Morgan fingerprint density at radius 1 is 1.19 bits per heavy atom. The summed E-state index contributed by atoms with van der Waals surface area (Å²) in [6.45, 7) is 1.11. The Morgan fingerprint density at radius 3 is 2.81 bits per heavy atom. The highest BCUT2D eigenvalue weighted by atomic mass is 16.4. The predicted molar refractivity (Wildman–Crippen MR) is 90.9 cm³/mol. The Kier molecular flexibility index (Phi) is 3.76. The number of carboxylic acids is 1. The van der Waals surface area contributed by atoms with Crippen LogP contribution in [-0.4, -0.2) is 48.2 Å². The highest BCUT2D eigenvalue weighted by Gasteiger charge is 2.25. The summed E-state index contributed by atoms with van der Waals surface area (Å²) in [7, 11) is 0. The molecule has 1 aliphatic heterocycles. The molecule has 0 atom stereocenters. The Labute approximate surface area is 146 Å². The van der Waals surface area contributed by atoms with E-state index in [2.05, 4.69) is 15.1 Å². The number of aromatic amines is 1. The molecule has 0 saturated carbocycles. The fourth-order valence-electron chi connectivity index (χ4n) is 3.06. The summed E-state index contributed by atoms with van der Waals surface area (Å²) in [5.41, 5.74) is 0.937. The molecule has 1 aliphatic rings. The summed E-state index contributed by atoms with van der Waals surface area (Å²) in [6.07, 6.45) is 0.602. The topological polar surface area (TPSA) is 121 Å². The van der Waals surface area contributed by atoms with Gasteiger partial charge in [-0.25, -0.2) is 9.78 Å². The number of H-pyrrole nitrogens is 1. The number of rotatable bonds is 2. The van der Waals surface area contributed by atoms with Gasteiger partial charge in [-0.05, 0) is 24.6 Å². The van der Waals surface area contributed by atoms with E-state index in [-0.39, 0.29) is 17.9 Å². The SMILES string of the molecule is O=C(O)c1cc2n(n1)CCCN(C(=O)c1nc3ccccc3[nH]c1=O)C2. The van der Waals surface area contributed by atoms with Crippen LogP contribution >= 0.6 is 0 Å². The third-order valence-electron chi connectivity index (χ3n) is 4.32. The second-order valence-electron chi connectivity index (χ2n) is 6.06. The first-order valence-electron chi connectivity index (χ1n) is 8.11. The second-order valence-corrected chi connectivity index (χ2v) is 6.06. The van der Waals surface area contributed by atoms with Gasteiger partial charge >= 0.3 is 5.97 Å². The van der Waals surface area contributed by atoms with Crippen LogP contribution in [0.5, 0.6) is 0 Å². The van der Waals surface area contributed by atoms with Crippen LogP contribution < -0.4 is 5.56 Å². The van der Waals surface area contributed by atoms with Gasteiger partial charge in [0.05, 0.1) is 23.3 Å². The minimum atomic E-state index is -1.11. The van der Waals surface area contributed by atoms with E-state index in [0.717, 1.165) is 0 Å². The van der Waals surface area contributed by atoms with Gasteiger partial charge in [-0.1, -0.05) is 12.1 Å². The number of nitrogens with one attached hydrogen (secondary N) is 1. The monoisotopic (exact) mass is 353 g/mol. The summed E-state index contributed by atoms with van der Waals surface area (Å²) < 4.78 is 1.59.